The second-order valence-electron chi connectivity index (χ2n) is 8.65. The first-order valence-corrected chi connectivity index (χ1v) is 12.1. The van der Waals surface area contributed by atoms with Crippen molar-refractivity contribution in [1.82, 2.24) is 24.8 Å². The van der Waals surface area contributed by atoms with Gasteiger partial charge < -0.3 is 19.7 Å². The minimum absolute atomic E-state index is 0.0515. The normalized spacial score (nSPS) is 16.9. The van der Waals surface area contributed by atoms with E-state index >= 15 is 0 Å². The molecule has 2 aromatic rings. The lowest BCUT2D eigenvalue weighted by Crippen LogP contribution is -2.47. The van der Waals surface area contributed by atoms with Crippen molar-refractivity contribution in [2.24, 2.45) is 0 Å². The highest BCUT2D eigenvalue weighted by atomic mass is 32.2. The topological polar surface area (TPSA) is 136 Å². The van der Waals surface area contributed by atoms with Crippen LogP contribution in [0.3, 0.4) is 0 Å². The van der Waals surface area contributed by atoms with E-state index in [2.05, 4.69) is 25.3 Å². The maximum atomic E-state index is 13.4. The highest BCUT2D eigenvalue weighted by Crippen LogP contribution is 2.34. The fourth-order valence-corrected chi connectivity index (χ4v) is 3.77. The van der Waals surface area contributed by atoms with Crippen LogP contribution in [0.2, 0.25) is 0 Å². The highest BCUT2D eigenvalue weighted by molar-refractivity contribution is 7.90. The van der Waals surface area contributed by atoms with Gasteiger partial charge in [-0.25, -0.2) is 32.6 Å². The predicted octanol–water partition coefficient (Wildman–Crippen LogP) is 2.30. The van der Waals surface area contributed by atoms with Crippen molar-refractivity contribution >= 4 is 21.7 Å². The van der Waals surface area contributed by atoms with E-state index in [-0.39, 0.29) is 29.1 Å². The number of amides is 1. The van der Waals surface area contributed by atoms with E-state index in [1.54, 1.807) is 25.7 Å². The van der Waals surface area contributed by atoms with Crippen LogP contribution in [-0.2, 0) is 14.6 Å². The average Bonchev–Trinajstić information content (AvgIpc) is 2.72. The lowest BCUT2D eigenvalue weighted by Gasteiger charge is -2.34. The van der Waals surface area contributed by atoms with E-state index in [0.29, 0.717) is 25.9 Å². The molecule has 180 valence electrons. The summed E-state index contributed by atoms with van der Waals surface area (Å²) in [6.07, 6.45) is 3.86. The fourth-order valence-electron chi connectivity index (χ4n) is 3.26. The molecule has 2 aromatic heterocycles. The molecule has 13 heteroatoms. The molecule has 0 aliphatic carbocycles. The standard InChI is InChI=1S/C20H27FN6O5S/c1-20(2,3)32-19(28)27-8-6-7-13(11-27)24-16-14(15-22-9-12(21)10-23-15)17(31-4)26-18(25-16)33(5,29)30/h9-10,13H,6-8,11H2,1-5H3,(H,24,25,26)/t13-/m1/s1. The molecule has 33 heavy (non-hydrogen) atoms. The Balaban J connectivity index is 1.98. The zero-order valence-electron chi connectivity index (χ0n) is 19.1. The molecule has 0 radical (unpaired) electrons. The number of methoxy groups -OCH3 is 1. The zero-order chi connectivity index (χ0) is 24.4. The summed E-state index contributed by atoms with van der Waals surface area (Å²) >= 11 is 0. The number of carbonyl (C=O) groups is 1. The van der Waals surface area contributed by atoms with Gasteiger partial charge in [0, 0.05) is 25.4 Å². The number of halogens is 1. The number of nitrogens with zero attached hydrogens (tertiary/aromatic N) is 5. The van der Waals surface area contributed by atoms with Crippen LogP contribution in [0.15, 0.2) is 17.6 Å². The molecule has 1 N–H and O–H groups in total. The number of hydrogen-bond acceptors (Lipinski definition) is 10. The van der Waals surface area contributed by atoms with Gasteiger partial charge in [-0.15, -0.1) is 0 Å². The SMILES string of the molecule is COc1nc(S(C)(=O)=O)nc(N[C@@H]2CCCN(C(=O)OC(C)(C)C)C2)c1-c1ncc(F)cn1. The van der Waals surface area contributed by atoms with Crippen LogP contribution < -0.4 is 10.1 Å². The number of likely N-dealkylation sites (tertiary alicyclic amines) is 1. The van der Waals surface area contributed by atoms with Crippen molar-refractivity contribution in [3.8, 4) is 17.3 Å². The lowest BCUT2D eigenvalue weighted by molar-refractivity contribution is 0.0206. The van der Waals surface area contributed by atoms with Gasteiger partial charge >= 0.3 is 6.09 Å². The fraction of sp³-hybridized carbons (Fsp3) is 0.550. The maximum Gasteiger partial charge on any atom is 0.410 e. The Morgan fingerprint density at radius 1 is 1.24 bits per heavy atom. The third kappa shape index (κ3) is 6.24. The number of anilines is 1. The summed E-state index contributed by atoms with van der Waals surface area (Å²) in [6.45, 7) is 6.21. The number of rotatable bonds is 5. The van der Waals surface area contributed by atoms with Gasteiger partial charge in [0.2, 0.25) is 15.7 Å². The second-order valence-corrected chi connectivity index (χ2v) is 10.6. The van der Waals surface area contributed by atoms with Gasteiger partial charge in [-0.2, -0.15) is 4.98 Å². The molecule has 1 atom stereocenters. The highest BCUT2D eigenvalue weighted by Gasteiger charge is 2.30. The minimum atomic E-state index is -3.78. The summed E-state index contributed by atoms with van der Waals surface area (Å²) in [6, 6.07) is -0.280. The van der Waals surface area contributed by atoms with Crippen LogP contribution in [-0.4, -0.2) is 77.4 Å². The monoisotopic (exact) mass is 482 g/mol. The first-order valence-electron chi connectivity index (χ1n) is 10.3. The molecule has 0 unspecified atom stereocenters. The summed E-state index contributed by atoms with van der Waals surface area (Å²) < 4.78 is 48.4. The van der Waals surface area contributed by atoms with Gasteiger partial charge in [0.05, 0.1) is 19.5 Å². The summed E-state index contributed by atoms with van der Waals surface area (Å²) in [7, 11) is -2.46. The van der Waals surface area contributed by atoms with Gasteiger partial charge in [-0.1, -0.05) is 0 Å². The maximum absolute atomic E-state index is 13.4. The largest absolute Gasteiger partial charge is 0.480 e. The zero-order valence-corrected chi connectivity index (χ0v) is 19.9. The molecule has 0 aromatic carbocycles. The molecular formula is C20H27FN6O5S. The van der Waals surface area contributed by atoms with Gasteiger partial charge in [-0.3, -0.25) is 0 Å². The summed E-state index contributed by atoms with van der Waals surface area (Å²) in [5, 5.41) is 2.73. The summed E-state index contributed by atoms with van der Waals surface area (Å²) in [5.74, 6) is -0.568. The molecule has 1 aliphatic heterocycles. The van der Waals surface area contributed by atoms with Crippen LogP contribution in [0.25, 0.3) is 11.4 Å². The van der Waals surface area contributed by atoms with Gasteiger partial charge in [0.25, 0.3) is 5.16 Å². The Labute approximate surface area is 191 Å². The van der Waals surface area contributed by atoms with E-state index < -0.39 is 32.5 Å². The Morgan fingerprint density at radius 3 is 2.48 bits per heavy atom. The van der Waals surface area contributed by atoms with Crippen LogP contribution in [0.1, 0.15) is 33.6 Å². The Kier molecular flexibility index (Phi) is 7.00. The molecular weight excluding hydrogens is 455 g/mol. The number of aromatic nitrogens is 4. The minimum Gasteiger partial charge on any atom is -0.480 e. The number of hydrogen-bond donors (Lipinski definition) is 1. The summed E-state index contributed by atoms with van der Waals surface area (Å²) in [4.78, 5) is 30.2. The number of ether oxygens (including phenoxy) is 2. The van der Waals surface area contributed by atoms with Crippen LogP contribution >= 0.6 is 0 Å². The Morgan fingerprint density at radius 2 is 1.91 bits per heavy atom. The third-order valence-electron chi connectivity index (χ3n) is 4.64. The molecule has 1 fully saturated rings. The lowest BCUT2D eigenvalue weighted by atomic mass is 10.1. The number of piperidine rings is 1. The molecule has 0 spiro atoms. The molecule has 11 nitrogen and oxygen atoms in total. The quantitative estimate of drug-likeness (QED) is 0.632. The van der Waals surface area contributed by atoms with Crippen molar-refractivity contribution in [3.05, 3.63) is 18.2 Å². The number of nitrogens with one attached hydrogen (secondary N) is 1. The Bertz CT molecular complexity index is 1120. The predicted molar refractivity (Wildman–Crippen MR) is 117 cm³/mol. The third-order valence-corrected chi connectivity index (χ3v) is 5.48. The molecule has 1 saturated heterocycles. The molecule has 1 amide bonds. The van der Waals surface area contributed by atoms with E-state index in [9.17, 15) is 17.6 Å². The first kappa shape index (κ1) is 24.6. The number of carbonyl (C=O) groups excluding carboxylic acids is 1. The smallest absolute Gasteiger partial charge is 0.410 e. The summed E-state index contributed by atoms with van der Waals surface area (Å²) in [5.41, 5.74) is -0.450. The average molecular weight is 483 g/mol. The van der Waals surface area contributed by atoms with E-state index in [1.165, 1.54) is 7.11 Å². The molecule has 1 aliphatic rings. The molecule has 0 bridgehead atoms. The van der Waals surface area contributed by atoms with Crippen LogP contribution in [0.4, 0.5) is 15.0 Å². The Hall–Kier alpha value is -3.09. The van der Waals surface area contributed by atoms with Crippen LogP contribution in [0.5, 0.6) is 5.88 Å². The molecule has 0 saturated carbocycles. The van der Waals surface area contributed by atoms with Crippen LogP contribution in [0, 0.1) is 5.82 Å². The van der Waals surface area contributed by atoms with E-state index in [0.717, 1.165) is 18.6 Å². The van der Waals surface area contributed by atoms with Crippen molar-refractivity contribution in [2.75, 3.05) is 31.8 Å². The van der Waals surface area contributed by atoms with Crippen molar-refractivity contribution in [2.45, 2.75) is 50.4 Å². The van der Waals surface area contributed by atoms with E-state index in [1.807, 2.05) is 0 Å². The molecule has 3 rings (SSSR count). The van der Waals surface area contributed by atoms with Crippen molar-refractivity contribution in [1.29, 1.82) is 0 Å². The first-order chi connectivity index (χ1) is 15.4. The van der Waals surface area contributed by atoms with Crippen molar-refractivity contribution < 1.29 is 27.1 Å². The van der Waals surface area contributed by atoms with E-state index in [4.69, 9.17) is 9.47 Å². The van der Waals surface area contributed by atoms with Crippen molar-refractivity contribution in [3.63, 3.8) is 0 Å². The second kappa shape index (κ2) is 9.41. The van der Waals surface area contributed by atoms with Gasteiger partial charge in [0.1, 0.15) is 17.0 Å². The van der Waals surface area contributed by atoms with Gasteiger partial charge in [-0.05, 0) is 33.6 Å². The van der Waals surface area contributed by atoms with Gasteiger partial charge in [0.15, 0.2) is 11.6 Å². The number of sulfone groups is 1. The molecule has 3 heterocycles.